The Morgan fingerprint density at radius 2 is 0.833 bits per heavy atom. The lowest BCUT2D eigenvalue weighted by molar-refractivity contribution is -0.367. The van der Waals surface area contributed by atoms with Crippen LogP contribution in [0.3, 0.4) is 0 Å². The molecule has 9 rings (SSSR count). The number of hydrogen-bond acceptors (Lipinski definition) is 14. The van der Waals surface area contributed by atoms with Crippen LogP contribution in [0.2, 0.25) is 0 Å². The van der Waals surface area contributed by atoms with E-state index in [0.29, 0.717) is 0 Å². The molecule has 14 nitrogen and oxygen atoms in total. The summed E-state index contributed by atoms with van der Waals surface area (Å²) >= 11 is 0. The van der Waals surface area contributed by atoms with E-state index in [4.69, 9.17) is 52.1 Å². The summed E-state index contributed by atoms with van der Waals surface area (Å²) in [6.07, 6.45) is -12.9. The second kappa shape index (κ2) is 25.7. The highest BCUT2D eigenvalue weighted by molar-refractivity contribution is 5.89. The second-order valence-electron chi connectivity index (χ2n) is 17.7. The maximum atomic E-state index is 14.3. The quantitative estimate of drug-likeness (QED) is 0.0563. The third-order valence-corrected chi connectivity index (χ3v) is 12.4. The Morgan fingerprint density at radius 3 is 1.33 bits per heavy atom. The Kier molecular flexibility index (Phi) is 18.0. The van der Waals surface area contributed by atoms with Crippen LogP contribution in [-0.4, -0.2) is 92.5 Å². The van der Waals surface area contributed by atoms with Gasteiger partial charge in [0.1, 0.15) is 30.5 Å². The lowest BCUT2D eigenvalue weighted by Crippen LogP contribution is -2.67. The minimum atomic E-state index is -1.47. The van der Waals surface area contributed by atoms with E-state index in [1.165, 1.54) is 0 Å². The van der Waals surface area contributed by atoms with Crippen LogP contribution < -0.4 is 0 Å². The van der Waals surface area contributed by atoms with Crippen LogP contribution >= 0.6 is 0 Å². The van der Waals surface area contributed by atoms with Crippen molar-refractivity contribution in [3.63, 3.8) is 0 Å². The molecule has 3 aliphatic rings. The summed E-state index contributed by atoms with van der Waals surface area (Å²) in [5.74, 6) is -2.21. The molecule has 6 aromatic carbocycles. The highest BCUT2D eigenvalue weighted by atomic mass is 16.8. The molecule has 0 unspecified atom stereocenters. The summed E-state index contributed by atoms with van der Waals surface area (Å²) in [5.41, 5.74) is 4.60. The lowest BCUT2D eigenvalue weighted by Gasteiger charge is -2.49. The van der Waals surface area contributed by atoms with Crippen molar-refractivity contribution in [1.29, 1.82) is 0 Å². The van der Waals surface area contributed by atoms with Crippen LogP contribution in [0.1, 0.15) is 51.0 Å². The van der Waals surface area contributed by atoms with Gasteiger partial charge in [-0.05, 0) is 39.9 Å². The summed E-state index contributed by atoms with van der Waals surface area (Å²) < 4.78 is 72.7. The van der Waals surface area contributed by atoms with E-state index in [1.54, 1.807) is 30.3 Å². The topological polar surface area (TPSA) is 153 Å². The molecule has 3 heterocycles. The van der Waals surface area contributed by atoms with Gasteiger partial charge >= 0.3 is 17.9 Å². The average Bonchev–Trinajstić information content (AvgIpc) is 3.44. The fourth-order valence-corrected chi connectivity index (χ4v) is 8.77. The first kappa shape index (κ1) is 50.4. The molecular weight excluding hydrogens is 921 g/mol. The number of fused-ring (bicyclic) bond motifs is 2. The van der Waals surface area contributed by atoms with E-state index < -0.39 is 79.3 Å². The fourth-order valence-electron chi connectivity index (χ4n) is 8.77. The fraction of sp³-hybridized carbons (Fsp3) is 0.328. The molecule has 3 saturated heterocycles. The molecular formula is C58H58O14. The van der Waals surface area contributed by atoms with Crippen LogP contribution in [0.15, 0.2) is 182 Å². The molecule has 0 aromatic heterocycles. The summed E-state index contributed by atoms with van der Waals surface area (Å²) in [4.78, 5) is 42.3. The van der Waals surface area contributed by atoms with E-state index in [-0.39, 0.29) is 64.7 Å². The molecule has 0 saturated carbocycles. The van der Waals surface area contributed by atoms with Crippen molar-refractivity contribution >= 4 is 17.9 Å². The van der Waals surface area contributed by atoms with Gasteiger partial charge in [-0.1, -0.05) is 170 Å². The van der Waals surface area contributed by atoms with Crippen molar-refractivity contribution in [2.75, 3.05) is 13.2 Å². The molecule has 14 heteroatoms. The number of ether oxygens (including phenoxy) is 11. The Morgan fingerprint density at radius 1 is 0.417 bits per heavy atom. The van der Waals surface area contributed by atoms with Crippen LogP contribution in [0.25, 0.3) is 0 Å². The van der Waals surface area contributed by atoms with E-state index in [1.807, 2.05) is 152 Å². The standard InChI is InChI=1S/C58H58O14/c59-48-31-32-49(60)70-54-52(65-36-43-25-13-4-14-26-43)50(64-35-42-23-11-3-12-24-42)46(38-62-33-40-19-7-1-8-20-40)68-58(54)72-53-51(69-48)47(39-63-34-41-21-9-2-10-22-41)67-57(66-37-44-27-15-5-16-28-44)55(53)71-56(61)45-29-17-6-18-30-45/h1-30,46-47,50-55,57-58H,31-39H2/t46-,47-,50-,51-,52+,53+,54+,55-,57+,58-/m1/s1. The van der Waals surface area contributed by atoms with Gasteiger partial charge in [0.25, 0.3) is 0 Å². The Hall–Kier alpha value is -6.59. The molecule has 3 aliphatic heterocycles. The first-order valence-corrected chi connectivity index (χ1v) is 24.2. The van der Waals surface area contributed by atoms with Gasteiger partial charge < -0.3 is 52.1 Å². The smallest absolute Gasteiger partial charge is 0.338 e. The van der Waals surface area contributed by atoms with E-state index in [2.05, 4.69) is 0 Å². The molecule has 10 atom stereocenters. The summed E-state index contributed by atoms with van der Waals surface area (Å²) in [6.45, 7) is 0.578. The van der Waals surface area contributed by atoms with Crippen molar-refractivity contribution < 1.29 is 66.5 Å². The number of esters is 3. The highest BCUT2D eigenvalue weighted by Crippen LogP contribution is 2.37. The van der Waals surface area contributed by atoms with Gasteiger partial charge in [0.15, 0.2) is 30.9 Å². The van der Waals surface area contributed by atoms with E-state index in [0.717, 1.165) is 27.8 Å². The van der Waals surface area contributed by atoms with Crippen molar-refractivity contribution in [2.45, 2.75) is 107 Å². The van der Waals surface area contributed by atoms with Crippen molar-refractivity contribution in [2.24, 2.45) is 0 Å². The van der Waals surface area contributed by atoms with Crippen LogP contribution in [0.5, 0.6) is 0 Å². The van der Waals surface area contributed by atoms with Gasteiger partial charge in [0, 0.05) is 0 Å². The van der Waals surface area contributed by atoms with Crippen LogP contribution in [0, 0.1) is 0 Å². The molecule has 0 N–H and O–H groups in total. The third kappa shape index (κ3) is 13.9. The molecule has 0 aliphatic carbocycles. The number of rotatable bonds is 19. The first-order chi connectivity index (χ1) is 35.4. The Bertz CT molecular complexity index is 2570. The number of carbonyl (C=O) groups is 3. The van der Waals surface area contributed by atoms with Gasteiger partial charge in [-0.15, -0.1) is 0 Å². The van der Waals surface area contributed by atoms with Crippen LogP contribution in [0.4, 0.5) is 0 Å². The molecule has 6 aromatic rings. The summed E-state index contributed by atoms with van der Waals surface area (Å²) in [5, 5.41) is 0. The SMILES string of the molecule is O=C1CCC(=O)O[C@H]2[C@H](O[C@H]3O[C@H](COCc4ccccc4)[C@@H](OCc4ccccc4)[C@H](OCc4ccccc4)[C@@H]3O1)[C@@H](OC(=O)c1ccccc1)[C@@H](OCc1ccccc1)O[C@@H]2COCc1ccccc1. The summed E-state index contributed by atoms with van der Waals surface area (Å²) in [6, 6.07) is 56.4. The third-order valence-electron chi connectivity index (χ3n) is 12.4. The number of carbonyl (C=O) groups excluding carboxylic acids is 3. The zero-order valence-corrected chi connectivity index (χ0v) is 39.7. The monoisotopic (exact) mass is 978 g/mol. The minimum Gasteiger partial charge on any atom is -0.457 e. The Balaban J connectivity index is 1.12. The first-order valence-electron chi connectivity index (χ1n) is 24.2. The molecule has 374 valence electrons. The number of hydrogen-bond donors (Lipinski definition) is 0. The predicted molar refractivity (Wildman–Crippen MR) is 260 cm³/mol. The highest BCUT2D eigenvalue weighted by Gasteiger charge is 2.57. The normalized spacial score (nSPS) is 25.4. The molecule has 0 bridgehead atoms. The maximum absolute atomic E-state index is 14.3. The molecule has 0 spiro atoms. The van der Waals surface area contributed by atoms with Gasteiger partial charge in [0.05, 0.1) is 64.7 Å². The molecule has 0 radical (unpaired) electrons. The van der Waals surface area contributed by atoms with Crippen LogP contribution in [-0.2, 0) is 94.7 Å². The maximum Gasteiger partial charge on any atom is 0.338 e. The molecule has 72 heavy (non-hydrogen) atoms. The zero-order chi connectivity index (χ0) is 49.3. The lowest BCUT2D eigenvalue weighted by atomic mass is 9.95. The number of benzene rings is 6. The van der Waals surface area contributed by atoms with Gasteiger partial charge in [0.2, 0.25) is 0 Å². The summed E-state index contributed by atoms with van der Waals surface area (Å²) in [7, 11) is 0. The van der Waals surface area contributed by atoms with Gasteiger partial charge in [-0.25, -0.2) is 4.79 Å². The van der Waals surface area contributed by atoms with Gasteiger partial charge in [-0.2, -0.15) is 0 Å². The largest absolute Gasteiger partial charge is 0.457 e. The van der Waals surface area contributed by atoms with Crippen molar-refractivity contribution in [1.82, 2.24) is 0 Å². The zero-order valence-electron chi connectivity index (χ0n) is 39.7. The van der Waals surface area contributed by atoms with Crippen molar-refractivity contribution in [3.05, 3.63) is 215 Å². The van der Waals surface area contributed by atoms with E-state index in [9.17, 15) is 14.4 Å². The molecule has 0 amide bonds. The average molecular weight is 979 g/mol. The van der Waals surface area contributed by atoms with E-state index >= 15 is 0 Å². The second-order valence-corrected chi connectivity index (χ2v) is 17.7. The predicted octanol–water partition coefficient (Wildman–Crippen LogP) is 8.49. The minimum absolute atomic E-state index is 0.0164. The Labute approximate surface area is 418 Å². The van der Waals surface area contributed by atoms with Crippen molar-refractivity contribution in [3.8, 4) is 0 Å². The molecule has 3 fully saturated rings. The van der Waals surface area contributed by atoms with Gasteiger partial charge in [-0.3, -0.25) is 9.59 Å².